The van der Waals surface area contributed by atoms with Gasteiger partial charge < -0.3 is 0 Å². The van der Waals surface area contributed by atoms with Gasteiger partial charge in [-0.2, -0.15) is 0 Å². The summed E-state index contributed by atoms with van der Waals surface area (Å²) in [5, 5.41) is 15.4. The van der Waals surface area contributed by atoms with Crippen molar-refractivity contribution in [2.45, 2.75) is 39.7 Å². The van der Waals surface area contributed by atoms with Crippen LogP contribution in [0.4, 0.5) is 5.13 Å². The van der Waals surface area contributed by atoms with E-state index in [4.69, 9.17) is 0 Å². The van der Waals surface area contributed by atoms with Gasteiger partial charge in [-0.25, -0.2) is 9.67 Å². The minimum absolute atomic E-state index is 0.121. The van der Waals surface area contributed by atoms with E-state index in [1.807, 2.05) is 32.0 Å². The Balaban J connectivity index is 1.59. The fraction of sp³-hybridized carbons (Fsp3) is 0.286. The van der Waals surface area contributed by atoms with Crippen molar-refractivity contribution in [3.05, 3.63) is 53.6 Å². The molecule has 7 nitrogen and oxygen atoms in total. The molecule has 29 heavy (non-hydrogen) atoms. The van der Waals surface area contributed by atoms with E-state index < -0.39 is 0 Å². The summed E-state index contributed by atoms with van der Waals surface area (Å²) in [6.45, 7) is 8.34. The van der Waals surface area contributed by atoms with Crippen molar-refractivity contribution in [3.63, 3.8) is 0 Å². The van der Waals surface area contributed by atoms with Crippen LogP contribution in [0.3, 0.4) is 0 Å². The molecule has 0 spiro atoms. The van der Waals surface area contributed by atoms with Crippen molar-refractivity contribution in [2.75, 3.05) is 5.32 Å². The summed E-state index contributed by atoms with van der Waals surface area (Å²) < 4.78 is 2.80. The van der Waals surface area contributed by atoms with Crippen LogP contribution >= 0.6 is 11.3 Å². The number of benzene rings is 2. The van der Waals surface area contributed by atoms with E-state index in [1.165, 1.54) is 16.9 Å². The summed E-state index contributed by atoms with van der Waals surface area (Å²) in [5.41, 5.74) is 3.47. The summed E-state index contributed by atoms with van der Waals surface area (Å²) >= 11 is 1.48. The molecule has 2 aromatic carbocycles. The van der Waals surface area contributed by atoms with Crippen LogP contribution in [0.2, 0.25) is 0 Å². The van der Waals surface area contributed by atoms with Crippen LogP contribution in [0.15, 0.2) is 42.5 Å². The first-order valence-corrected chi connectivity index (χ1v) is 10.3. The van der Waals surface area contributed by atoms with Crippen molar-refractivity contribution in [3.8, 4) is 11.4 Å². The number of tetrazole rings is 1. The van der Waals surface area contributed by atoms with E-state index in [0.717, 1.165) is 15.8 Å². The molecule has 8 heteroatoms. The number of nitrogens with zero attached hydrogens (tertiary/aromatic N) is 5. The molecule has 4 aromatic rings. The maximum absolute atomic E-state index is 12.8. The van der Waals surface area contributed by atoms with E-state index in [0.29, 0.717) is 22.4 Å². The van der Waals surface area contributed by atoms with Crippen LogP contribution in [-0.4, -0.2) is 31.1 Å². The van der Waals surface area contributed by atoms with Gasteiger partial charge in [0.2, 0.25) is 0 Å². The van der Waals surface area contributed by atoms with E-state index in [1.54, 1.807) is 16.8 Å². The number of fused-ring (bicyclic) bond motifs is 1. The average Bonchev–Trinajstić information content (AvgIpc) is 3.34. The number of nitrogens with one attached hydrogen (secondary N) is 1. The Morgan fingerprint density at radius 2 is 1.93 bits per heavy atom. The highest BCUT2D eigenvalue weighted by atomic mass is 32.1. The van der Waals surface area contributed by atoms with Crippen molar-refractivity contribution < 1.29 is 4.79 Å². The second kappa shape index (κ2) is 7.71. The quantitative estimate of drug-likeness (QED) is 0.509. The van der Waals surface area contributed by atoms with Gasteiger partial charge in [0, 0.05) is 11.1 Å². The van der Waals surface area contributed by atoms with Gasteiger partial charge in [0.25, 0.3) is 5.91 Å². The molecule has 0 saturated carbocycles. The molecule has 2 aromatic heterocycles. The Morgan fingerprint density at radius 1 is 1.10 bits per heavy atom. The van der Waals surface area contributed by atoms with Crippen LogP contribution in [0.25, 0.3) is 21.6 Å². The molecular weight excluding hydrogens is 384 g/mol. The van der Waals surface area contributed by atoms with Crippen molar-refractivity contribution in [1.29, 1.82) is 0 Å². The lowest BCUT2D eigenvalue weighted by atomic mass is 10.0. The molecule has 4 rings (SSSR count). The topological polar surface area (TPSA) is 85.6 Å². The van der Waals surface area contributed by atoms with Gasteiger partial charge in [0.05, 0.1) is 16.3 Å². The van der Waals surface area contributed by atoms with Gasteiger partial charge in [-0.1, -0.05) is 43.4 Å². The number of hydrogen-bond donors (Lipinski definition) is 1. The van der Waals surface area contributed by atoms with Crippen LogP contribution in [-0.2, 0) is 0 Å². The first kappa shape index (κ1) is 19.2. The van der Waals surface area contributed by atoms with Crippen LogP contribution < -0.4 is 5.32 Å². The summed E-state index contributed by atoms with van der Waals surface area (Å²) in [7, 11) is 0. The maximum atomic E-state index is 12.8. The number of thiazole rings is 1. The normalized spacial score (nSPS) is 11.5. The second-order valence-corrected chi connectivity index (χ2v) is 8.51. The molecule has 1 N–H and O–H groups in total. The predicted octanol–water partition coefficient (Wildman–Crippen LogP) is 4.91. The summed E-state index contributed by atoms with van der Waals surface area (Å²) in [5.74, 6) is 0.874. The molecule has 0 unspecified atom stereocenters. The molecule has 0 aliphatic rings. The van der Waals surface area contributed by atoms with Crippen molar-refractivity contribution in [1.82, 2.24) is 25.2 Å². The molecule has 0 radical (unpaired) electrons. The smallest absolute Gasteiger partial charge is 0.257 e. The number of anilines is 1. The zero-order valence-corrected chi connectivity index (χ0v) is 17.6. The molecule has 1 amide bonds. The fourth-order valence-corrected chi connectivity index (χ4v) is 3.96. The number of aromatic nitrogens is 5. The Bertz CT molecular complexity index is 1180. The molecule has 0 aliphatic heterocycles. The zero-order valence-electron chi connectivity index (χ0n) is 16.7. The van der Waals surface area contributed by atoms with E-state index in [2.05, 4.69) is 51.8 Å². The van der Waals surface area contributed by atoms with Gasteiger partial charge in [0.1, 0.15) is 0 Å². The summed E-state index contributed by atoms with van der Waals surface area (Å²) in [6.07, 6.45) is 0. The molecule has 0 aliphatic carbocycles. The SMILES string of the molecule is CC(C)c1ccc2nc(NC(=O)c3cccc(-c4nnnn4C(C)C)c3)sc2c1. The molecule has 0 bridgehead atoms. The van der Waals surface area contributed by atoms with Crippen molar-refractivity contribution >= 4 is 32.6 Å². The lowest BCUT2D eigenvalue weighted by Gasteiger charge is -2.08. The van der Waals surface area contributed by atoms with Gasteiger partial charge in [0.15, 0.2) is 11.0 Å². The number of rotatable bonds is 5. The minimum atomic E-state index is -0.210. The summed E-state index contributed by atoms with van der Waals surface area (Å²) in [6, 6.07) is 13.6. The Hall–Kier alpha value is -3.13. The van der Waals surface area contributed by atoms with E-state index in [-0.39, 0.29) is 11.9 Å². The van der Waals surface area contributed by atoms with E-state index >= 15 is 0 Å². The zero-order chi connectivity index (χ0) is 20.5. The standard InChI is InChI=1S/C21H22N6OS/c1-12(2)14-8-9-17-18(11-14)29-21(22-17)23-20(28)16-7-5-6-15(10-16)19-24-25-26-27(19)13(3)4/h5-13H,1-4H3,(H,22,23,28). The number of carbonyl (C=O) groups excluding carboxylic acids is 1. The molecule has 148 valence electrons. The van der Waals surface area contributed by atoms with Gasteiger partial charge >= 0.3 is 0 Å². The highest BCUT2D eigenvalue weighted by Crippen LogP contribution is 2.29. The monoisotopic (exact) mass is 406 g/mol. The lowest BCUT2D eigenvalue weighted by molar-refractivity contribution is 0.102. The van der Waals surface area contributed by atoms with Crippen LogP contribution in [0, 0.1) is 0 Å². The minimum Gasteiger partial charge on any atom is -0.298 e. The van der Waals surface area contributed by atoms with Gasteiger partial charge in [-0.3, -0.25) is 10.1 Å². The van der Waals surface area contributed by atoms with Crippen molar-refractivity contribution in [2.24, 2.45) is 0 Å². The van der Waals surface area contributed by atoms with Gasteiger partial charge in [-0.15, -0.1) is 5.10 Å². The number of carbonyl (C=O) groups is 1. The fourth-order valence-electron chi connectivity index (χ4n) is 3.05. The van der Waals surface area contributed by atoms with Crippen LogP contribution in [0.5, 0.6) is 0 Å². The first-order valence-electron chi connectivity index (χ1n) is 9.52. The average molecular weight is 407 g/mol. The molecule has 0 fully saturated rings. The third-order valence-electron chi connectivity index (χ3n) is 4.66. The van der Waals surface area contributed by atoms with Gasteiger partial charge in [-0.05, 0) is 60.0 Å². The highest BCUT2D eigenvalue weighted by Gasteiger charge is 2.15. The molecule has 0 atom stereocenters. The van der Waals surface area contributed by atoms with Crippen LogP contribution in [0.1, 0.15) is 55.6 Å². The predicted molar refractivity (Wildman–Crippen MR) is 115 cm³/mol. The maximum Gasteiger partial charge on any atom is 0.257 e. The number of hydrogen-bond acceptors (Lipinski definition) is 6. The molecular formula is C21H22N6OS. The van der Waals surface area contributed by atoms with E-state index in [9.17, 15) is 4.79 Å². The second-order valence-electron chi connectivity index (χ2n) is 7.48. The molecule has 2 heterocycles. The Kier molecular flexibility index (Phi) is 5.10. The number of amides is 1. The third-order valence-corrected chi connectivity index (χ3v) is 5.60. The Morgan fingerprint density at radius 3 is 2.69 bits per heavy atom. The first-order chi connectivity index (χ1) is 13.9. The Labute approximate surface area is 172 Å². The highest BCUT2D eigenvalue weighted by molar-refractivity contribution is 7.22. The summed E-state index contributed by atoms with van der Waals surface area (Å²) in [4.78, 5) is 17.3. The third kappa shape index (κ3) is 3.88. The molecule has 0 saturated heterocycles. The lowest BCUT2D eigenvalue weighted by Crippen LogP contribution is -2.12. The largest absolute Gasteiger partial charge is 0.298 e.